The number of ether oxygens (including phenoxy) is 2. The van der Waals surface area contributed by atoms with Gasteiger partial charge in [0.15, 0.2) is 6.10 Å². The van der Waals surface area contributed by atoms with E-state index >= 15 is 0 Å². The third-order valence-electron chi connectivity index (χ3n) is 5.13. The summed E-state index contributed by atoms with van der Waals surface area (Å²) < 4.78 is 24.3. The van der Waals surface area contributed by atoms with Gasteiger partial charge in [-0.05, 0) is 48.4 Å². The molecule has 3 aromatic carbocycles. The smallest absolute Gasteiger partial charge is 0.411 e. The van der Waals surface area contributed by atoms with Crippen molar-refractivity contribution in [2.75, 3.05) is 5.32 Å². The van der Waals surface area contributed by atoms with Crippen molar-refractivity contribution in [3.8, 4) is 5.75 Å². The molecule has 0 fully saturated rings. The minimum absolute atomic E-state index is 0.165. The Morgan fingerprint density at radius 2 is 1.84 bits per heavy atom. The lowest BCUT2D eigenvalue weighted by Crippen LogP contribution is -2.37. The van der Waals surface area contributed by atoms with Gasteiger partial charge in [-0.3, -0.25) is 10.1 Å². The molecule has 7 heteroatoms. The number of benzene rings is 3. The third kappa shape index (κ3) is 5.24. The van der Waals surface area contributed by atoms with E-state index in [-0.39, 0.29) is 18.3 Å². The number of nitrogens with one attached hydrogen (secondary N) is 1. The van der Waals surface area contributed by atoms with Gasteiger partial charge in [0.1, 0.15) is 18.2 Å². The van der Waals surface area contributed by atoms with Crippen LogP contribution in [0.1, 0.15) is 23.6 Å². The summed E-state index contributed by atoms with van der Waals surface area (Å²) in [6.45, 7) is 2.48. The molecule has 0 aliphatic carbocycles. The van der Waals surface area contributed by atoms with Crippen molar-refractivity contribution < 1.29 is 23.5 Å². The summed E-state index contributed by atoms with van der Waals surface area (Å²) in [5.41, 5.74) is 3.00. The van der Waals surface area contributed by atoms with Crippen molar-refractivity contribution in [3.05, 3.63) is 95.3 Å². The number of carbonyl (C=O) groups is 2. The van der Waals surface area contributed by atoms with Crippen LogP contribution in [0.4, 0.5) is 14.9 Å². The van der Waals surface area contributed by atoms with E-state index in [2.05, 4.69) is 5.32 Å². The Balaban J connectivity index is 1.46. The number of hydrogen-bond acceptors (Lipinski definition) is 4. The summed E-state index contributed by atoms with van der Waals surface area (Å²) >= 11 is 0. The van der Waals surface area contributed by atoms with Gasteiger partial charge in [-0.25, -0.2) is 9.18 Å². The van der Waals surface area contributed by atoms with Crippen molar-refractivity contribution in [2.24, 2.45) is 0 Å². The van der Waals surface area contributed by atoms with Gasteiger partial charge in [0, 0.05) is 24.3 Å². The number of anilines is 1. The van der Waals surface area contributed by atoms with Crippen molar-refractivity contribution in [2.45, 2.75) is 32.7 Å². The molecule has 4 rings (SSSR count). The standard InChI is InChI=1S/C25H23FN2O4/c1-17-24(29)28(14-18-7-9-21(26)10-8-18)15-20-13-22(11-12-23(20)32-17)27-25(30)31-16-19-5-3-2-4-6-19/h2-13,17H,14-16H2,1H3,(H,27,30)/t17-/m1/s1. The first-order chi connectivity index (χ1) is 15.5. The van der Waals surface area contributed by atoms with E-state index in [0.717, 1.165) is 16.7 Å². The minimum atomic E-state index is -0.661. The highest BCUT2D eigenvalue weighted by Gasteiger charge is 2.28. The molecule has 1 atom stereocenters. The Kier molecular flexibility index (Phi) is 6.35. The predicted molar refractivity (Wildman–Crippen MR) is 117 cm³/mol. The van der Waals surface area contributed by atoms with Crippen LogP contribution in [0.5, 0.6) is 5.75 Å². The predicted octanol–water partition coefficient (Wildman–Crippen LogP) is 4.88. The second-order valence-electron chi connectivity index (χ2n) is 7.59. The summed E-state index contributed by atoms with van der Waals surface area (Å²) in [5, 5.41) is 2.71. The van der Waals surface area contributed by atoms with Crippen molar-refractivity contribution in [1.29, 1.82) is 0 Å². The monoisotopic (exact) mass is 434 g/mol. The van der Waals surface area contributed by atoms with Gasteiger partial charge in [0.25, 0.3) is 5.91 Å². The first kappa shape index (κ1) is 21.4. The molecule has 1 aliphatic heterocycles. The first-order valence-corrected chi connectivity index (χ1v) is 10.3. The normalized spacial score (nSPS) is 15.4. The number of carbonyl (C=O) groups excluding carboxylic acids is 2. The molecule has 164 valence electrons. The van der Waals surface area contributed by atoms with Crippen LogP contribution in [0.2, 0.25) is 0 Å². The van der Waals surface area contributed by atoms with Crippen molar-refractivity contribution in [3.63, 3.8) is 0 Å². The van der Waals surface area contributed by atoms with Crippen LogP contribution in [0.3, 0.4) is 0 Å². The van der Waals surface area contributed by atoms with Crippen molar-refractivity contribution >= 4 is 17.7 Å². The van der Waals surface area contributed by atoms with Gasteiger partial charge in [-0.1, -0.05) is 42.5 Å². The first-order valence-electron chi connectivity index (χ1n) is 10.3. The number of fused-ring (bicyclic) bond motifs is 1. The third-order valence-corrected chi connectivity index (χ3v) is 5.13. The van der Waals surface area contributed by atoms with Crippen LogP contribution in [0.25, 0.3) is 0 Å². The zero-order valence-electron chi connectivity index (χ0n) is 17.6. The fourth-order valence-electron chi connectivity index (χ4n) is 3.50. The van der Waals surface area contributed by atoms with Gasteiger partial charge in [-0.15, -0.1) is 0 Å². The SMILES string of the molecule is C[C@H]1Oc2ccc(NC(=O)OCc3ccccc3)cc2CN(Cc2ccc(F)cc2)C1=O. The number of hydrogen-bond donors (Lipinski definition) is 1. The van der Waals surface area contributed by atoms with Gasteiger partial charge in [-0.2, -0.15) is 0 Å². The fourth-order valence-corrected chi connectivity index (χ4v) is 3.50. The average molecular weight is 434 g/mol. The second kappa shape index (κ2) is 9.51. The highest BCUT2D eigenvalue weighted by Crippen LogP contribution is 2.29. The molecule has 0 bridgehead atoms. The average Bonchev–Trinajstić information content (AvgIpc) is 2.91. The molecular weight excluding hydrogens is 411 g/mol. The Hall–Kier alpha value is -3.87. The molecule has 6 nitrogen and oxygen atoms in total. The maximum Gasteiger partial charge on any atom is 0.411 e. The quantitative estimate of drug-likeness (QED) is 0.621. The summed E-state index contributed by atoms with van der Waals surface area (Å²) in [5.74, 6) is 0.0887. The number of amides is 2. The summed E-state index contributed by atoms with van der Waals surface area (Å²) in [4.78, 5) is 26.7. The Labute approximate surface area is 185 Å². The van der Waals surface area contributed by atoms with Gasteiger partial charge >= 0.3 is 6.09 Å². The summed E-state index contributed by atoms with van der Waals surface area (Å²) in [6.07, 6.45) is -1.23. The molecule has 3 aromatic rings. The molecule has 0 spiro atoms. The largest absolute Gasteiger partial charge is 0.481 e. The zero-order chi connectivity index (χ0) is 22.5. The molecule has 0 radical (unpaired) electrons. The Bertz CT molecular complexity index is 1100. The summed E-state index contributed by atoms with van der Waals surface area (Å²) in [7, 11) is 0. The lowest BCUT2D eigenvalue weighted by atomic mass is 10.1. The Morgan fingerprint density at radius 1 is 1.09 bits per heavy atom. The summed E-state index contributed by atoms with van der Waals surface area (Å²) in [6, 6.07) is 20.6. The topological polar surface area (TPSA) is 67.9 Å². The van der Waals surface area contributed by atoms with Crippen LogP contribution in [0.15, 0.2) is 72.8 Å². The molecule has 32 heavy (non-hydrogen) atoms. The number of halogens is 1. The van der Waals surface area contributed by atoms with Gasteiger partial charge in [0.05, 0.1) is 0 Å². The van der Waals surface area contributed by atoms with E-state index in [4.69, 9.17) is 9.47 Å². The van der Waals surface area contributed by atoms with E-state index in [1.165, 1.54) is 12.1 Å². The number of nitrogens with zero attached hydrogens (tertiary/aromatic N) is 1. The van der Waals surface area contributed by atoms with Crippen LogP contribution in [0, 0.1) is 5.82 Å². The second-order valence-corrected chi connectivity index (χ2v) is 7.59. The molecule has 1 N–H and O–H groups in total. The zero-order valence-corrected chi connectivity index (χ0v) is 17.6. The molecule has 1 aliphatic rings. The minimum Gasteiger partial charge on any atom is -0.481 e. The molecular formula is C25H23FN2O4. The molecule has 1 heterocycles. The maximum atomic E-state index is 13.2. The van der Waals surface area contributed by atoms with Crippen LogP contribution >= 0.6 is 0 Å². The van der Waals surface area contributed by atoms with Crippen molar-refractivity contribution in [1.82, 2.24) is 4.90 Å². The van der Waals surface area contributed by atoms with Crippen LogP contribution in [-0.4, -0.2) is 23.0 Å². The number of rotatable bonds is 5. The van der Waals surface area contributed by atoms with Crippen LogP contribution < -0.4 is 10.1 Å². The molecule has 0 saturated carbocycles. The van der Waals surface area contributed by atoms with Gasteiger partial charge < -0.3 is 14.4 Å². The highest BCUT2D eigenvalue weighted by atomic mass is 19.1. The Morgan fingerprint density at radius 3 is 2.59 bits per heavy atom. The molecule has 2 amide bonds. The van der Waals surface area contributed by atoms with E-state index in [0.29, 0.717) is 24.5 Å². The molecule has 0 saturated heterocycles. The lowest BCUT2D eigenvalue weighted by molar-refractivity contribution is -0.138. The van der Waals surface area contributed by atoms with E-state index < -0.39 is 12.2 Å². The maximum absolute atomic E-state index is 13.2. The fraction of sp³-hybridized carbons (Fsp3) is 0.200. The van der Waals surface area contributed by atoms with E-state index in [1.54, 1.807) is 42.2 Å². The van der Waals surface area contributed by atoms with E-state index in [1.807, 2.05) is 30.3 Å². The van der Waals surface area contributed by atoms with Crippen LogP contribution in [-0.2, 0) is 29.2 Å². The lowest BCUT2D eigenvalue weighted by Gasteiger charge is -2.22. The van der Waals surface area contributed by atoms with E-state index in [9.17, 15) is 14.0 Å². The molecule has 0 unspecified atom stereocenters. The molecule has 0 aromatic heterocycles. The highest BCUT2D eigenvalue weighted by molar-refractivity contribution is 5.85. The van der Waals surface area contributed by atoms with Gasteiger partial charge in [0.2, 0.25) is 0 Å².